The summed E-state index contributed by atoms with van der Waals surface area (Å²) in [5, 5.41) is 2.32. The lowest BCUT2D eigenvalue weighted by molar-refractivity contribution is -0.124. The average Bonchev–Trinajstić information content (AvgIpc) is 2.62. The molecule has 0 fully saturated rings. The van der Waals surface area contributed by atoms with Crippen molar-refractivity contribution in [3.05, 3.63) is 34.2 Å². The molecule has 0 radical (unpaired) electrons. The highest BCUT2D eigenvalue weighted by molar-refractivity contribution is 5.74. The predicted molar refractivity (Wildman–Crippen MR) is 61.5 cm³/mol. The number of aromatic amines is 2. The van der Waals surface area contributed by atoms with E-state index in [2.05, 4.69) is 15.3 Å². The van der Waals surface area contributed by atoms with Crippen LogP contribution in [-0.4, -0.2) is 29.2 Å². The summed E-state index contributed by atoms with van der Waals surface area (Å²) in [4.78, 5) is 16.2. The molecule has 0 atom stereocenters. The molecule has 0 bridgehead atoms. The van der Waals surface area contributed by atoms with Gasteiger partial charge in [-0.3, -0.25) is 0 Å². The molecule has 1 heterocycles. The third-order valence-corrected chi connectivity index (χ3v) is 2.50. The van der Waals surface area contributed by atoms with E-state index in [9.17, 15) is 18.0 Å². The molecule has 2 rings (SSSR count). The number of imidazole rings is 1. The molecule has 0 saturated heterocycles. The fourth-order valence-electron chi connectivity index (χ4n) is 1.70. The second-order valence-electron chi connectivity index (χ2n) is 4.00. The predicted octanol–water partition coefficient (Wildman–Crippen LogP) is 1.55. The molecule has 4 nitrogen and oxygen atoms in total. The molecule has 3 N–H and O–H groups in total. The van der Waals surface area contributed by atoms with E-state index in [1.54, 1.807) is 18.2 Å². The highest BCUT2D eigenvalue weighted by Gasteiger charge is 2.25. The van der Waals surface area contributed by atoms with Crippen LogP contribution in [0.2, 0.25) is 0 Å². The topological polar surface area (TPSA) is 60.7 Å². The lowest BCUT2D eigenvalue weighted by Crippen LogP contribution is -2.30. The van der Waals surface area contributed by atoms with Crippen molar-refractivity contribution in [2.24, 2.45) is 0 Å². The number of fused-ring (bicyclic) bond motifs is 1. The Morgan fingerprint density at radius 3 is 2.61 bits per heavy atom. The van der Waals surface area contributed by atoms with Crippen molar-refractivity contribution in [1.82, 2.24) is 15.3 Å². The highest BCUT2D eigenvalue weighted by Crippen LogP contribution is 2.13. The molecule has 0 spiro atoms. The molecule has 1 aromatic carbocycles. The van der Waals surface area contributed by atoms with Crippen LogP contribution in [0.3, 0.4) is 0 Å². The Kier molecular flexibility index (Phi) is 3.42. The molecular weight excluding hydrogens is 247 g/mol. The van der Waals surface area contributed by atoms with Crippen LogP contribution >= 0.6 is 0 Å². The Morgan fingerprint density at radius 2 is 1.89 bits per heavy atom. The van der Waals surface area contributed by atoms with Crippen LogP contribution in [0.1, 0.15) is 5.56 Å². The molecule has 0 unspecified atom stereocenters. The molecule has 2 aromatic rings. The van der Waals surface area contributed by atoms with Crippen LogP contribution < -0.4 is 11.0 Å². The molecular formula is C11H12F3N3O. The van der Waals surface area contributed by atoms with E-state index in [4.69, 9.17) is 0 Å². The number of hydrogen-bond donors (Lipinski definition) is 3. The van der Waals surface area contributed by atoms with E-state index < -0.39 is 12.7 Å². The zero-order valence-corrected chi connectivity index (χ0v) is 9.40. The first-order valence-electron chi connectivity index (χ1n) is 5.42. The Morgan fingerprint density at radius 1 is 1.17 bits per heavy atom. The molecule has 1 aromatic heterocycles. The summed E-state index contributed by atoms with van der Waals surface area (Å²) >= 11 is 0. The maximum atomic E-state index is 11.9. The van der Waals surface area contributed by atoms with E-state index in [1.807, 2.05) is 0 Å². The first kappa shape index (κ1) is 12.7. The minimum Gasteiger partial charge on any atom is -0.308 e. The normalized spacial score (nSPS) is 12.2. The molecule has 0 aliphatic carbocycles. The lowest BCUT2D eigenvalue weighted by Gasteiger charge is -2.07. The number of aromatic nitrogens is 2. The van der Waals surface area contributed by atoms with Crippen molar-refractivity contribution in [2.45, 2.75) is 12.6 Å². The SMILES string of the molecule is O=c1[nH]c2ccc(CCNCC(F)(F)F)cc2[nH]1. The summed E-state index contributed by atoms with van der Waals surface area (Å²) in [5.74, 6) is 0. The van der Waals surface area contributed by atoms with Gasteiger partial charge in [0.1, 0.15) is 0 Å². The zero-order valence-electron chi connectivity index (χ0n) is 9.40. The number of H-pyrrole nitrogens is 2. The van der Waals surface area contributed by atoms with Crippen molar-refractivity contribution in [2.75, 3.05) is 13.1 Å². The fourth-order valence-corrected chi connectivity index (χ4v) is 1.70. The van der Waals surface area contributed by atoms with Gasteiger partial charge in [-0.25, -0.2) is 4.79 Å². The van der Waals surface area contributed by atoms with Crippen molar-refractivity contribution in [3.63, 3.8) is 0 Å². The quantitative estimate of drug-likeness (QED) is 0.729. The first-order chi connectivity index (χ1) is 8.44. The maximum absolute atomic E-state index is 11.9. The Bertz CT molecular complexity index is 585. The van der Waals surface area contributed by atoms with Crippen molar-refractivity contribution in [3.8, 4) is 0 Å². The van der Waals surface area contributed by atoms with Crippen molar-refractivity contribution in [1.29, 1.82) is 0 Å². The van der Waals surface area contributed by atoms with Gasteiger partial charge in [0.05, 0.1) is 17.6 Å². The zero-order chi connectivity index (χ0) is 13.2. The molecule has 0 aliphatic heterocycles. The number of alkyl halides is 3. The van der Waals surface area contributed by atoms with Crippen LogP contribution in [0.15, 0.2) is 23.0 Å². The van der Waals surface area contributed by atoms with Crippen molar-refractivity contribution < 1.29 is 13.2 Å². The van der Waals surface area contributed by atoms with Crippen LogP contribution in [-0.2, 0) is 6.42 Å². The third kappa shape index (κ3) is 3.36. The van der Waals surface area contributed by atoms with E-state index in [-0.39, 0.29) is 12.2 Å². The van der Waals surface area contributed by atoms with Gasteiger partial charge in [0, 0.05) is 0 Å². The van der Waals surface area contributed by atoms with Crippen LogP contribution in [0.4, 0.5) is 13.2 Å². The first-order valence-corrected chi connectivity index (χ1v) is 5.42. The van der Waals surface area contributed by atoms with E-state index in [0.717, 1.165) is 5.56 Å². The van der Waals surface area contributed by atoms with E-state index in [0.29, 0.717) is 17.5 Å². The molecule has 18 heavy (non-hydrogen) atoms. The van der Waals surface area contributed by atoms with Crippen LogP contribution in [0, 0.1) is 0 Å². The van der Waals surface area contributed by atoms with Gasteiger partial charge in [-0.2, -0.15) is 13.2 Å². The van der Waals surface area contributed by atoms with Gasteiger partial charge >= 0.3 is 11.9 Å². The second kappa shape index (κ2) is 4.85. The minimum absolute atomic E-state index is 0.236. The van der Waals surface area contributed by atoms with Gasteiger partial charge in [-0.15, -0.1) is 0 Å². The van der Waals surface area contributed by atoms with Gasteiger partial charge in [0.15, 0.2) is 0 Å². The van der Waals surface area contributed by atoms with Gasteiger partial charge in [0.2, 0.25) is 0 Å². The van der Waals surface area contributed by atoms with Gasteiger partial charge in [-0.1, -0.05) is 6.07 Å². The Labute approximate surface area is 100 Å². The lowest BCUT2D eigenvalue weighted by atomic mass is 10.1. The van der Waals surface area contributed by atoms with Crippen LogP contribution in [0.5, 0.6) is 0 Å². The number of benzene rings is 1. The number of hydrogen-bond acceptors (Lipinski definition) is 2. The fraction of sp³-hybridized carbons (Fsp3) is 0.364. The monoisotopic (exact) mass is 259 g/mol. The third-order valence-electron chi connectivity index (χ3n) is 2.50. The smallest absolute Gasteiger partial charge is 0.308 e. The molecule has 0 amide bonds. The summed E-state index contributed by atoms with van der Waals surface area (Å²) in [6.45, 7) is -0.754. The second-order valence-corrected chi connectivity index (χ2v) is 4.00. The summed E-state index contributed by atoms with van der Waals surface area (Å²) in [5.41, 5.74) is 1.92. The average molecular weight is 259 g/mol. The van der Waals surface area contributed by atoms with Crippen LogP contribution in [0.25, 0.3) is 11.0 Å². The van der Waals surface area contributed by atoms with E-state index >= 15 is 0 Å². The molecule has 0 saturated carbocycles. The summed E-state index contributed by atoms with van der Waals surface area (Å²) < 4.78 is 35.7. The molecule has 7 heteroatoms. The largest absolute Gasteiger partial charge is 0.401 e. The van der Waals surface area contributed by atoms with Crippen molar-refractivity contribution >= 4 is 11.0 Å². The molecule has 98 valence electrons. The highest BCUT2D eigenvalue weighted by atomic mass is 19.4. The maximum Gasteiger partial charge on any atom is 0.401 e. The van der Waals surface area contributed by atoms with Gasteiger partial charge < -0.3 is 15.3 Å². The number of nitrogens with one attached hydrogen (secondary N) is 3. The molecule has 0 aliphatic rings. The Hall–Kier alpha value is -1.76. The number of rotatable bonds is 4. The summed E-state index contributed by atoms with van der Waals surface area (Å²) in [6.07, 6.45) is -3.71. The standard InChI is InChI=1S/C11H12F3N3O/c12-11(13,14)6-15-4-3-7-1-2-8-9(5-7)17-10(18)16-8/h1-2,5,15H,3-4,6H2,(H2,16,17,18). The number of halogens is 3. The van der Waals surface area contributed by atoms with Gasteiger partial charge in [0.25, 0.3) is 0 Å². The van der Waals surface area contributed by atoms with E-state index in [1.165, 1.54) is 0 Å². The minimum atomic E-state index is -4.18. The summed E-state index contributed by atoms with van der Waals surface area (Å²) in [6, 6.07) is 5.26. The summed E-state index contributed by atoms with van der Waals surface area (Å²) in [7, 11) is 0. The van der Waals surface area contributed by atoms with Gasteiger partial charge in [-0.05, 0) is 30.7 Å². The Balaban J connectivity index is 1.93.